The maximum atomic E-state index is 12.8. The highest BCUT2D eigenvalue weighted by Crippen LogP contribution is 2.30. The fourth-order valence-electron chi connectivity index (χ4n) is 3.77. The smallest absolute Gasteiger partial charge is 0.263 e. The Kier molecular flexibility index (Phi) is 5.99. The van der Waals surface area contributed by atoms with Crippen LogP contribution in [-0.2, 0) is 17.8 Å². The lowest BCUT2D eigenvalue weighted by molar-refractivity contribution is -0.125. The summed E-state index contributed by atoms with van der Waals surface area (Å²) in [6.45, 7) is 4.08. The maximum absolute atomic E-state index is 12.8. The van der Waals surface area contributed by atoms with Crippen molar-refractivity contribution in [3.05, 3.63) is 41.9 Å². The highest BCUT2D eigenvalue weighted by atomic mass is 32.2. The number of nitrogens with one attached hydrogen (secondary N) is 1. The number of carbonyl (C=O) groups is 1. The Morgan fingerprint density at radius 1 is 1.31 bits per heavy atom. The van der Waals surface area contributed by atoms with Gasteiger partial charge in [-0.15, -0.1) is 11.8 Å². The number of fused-ring (bicyclic) bond motifs is 1. The minimum Gasteiger partial charge on any atom is -0.355 e. The molecule has 0 bridgehead atoms. The van der Waals surface area contributed by atoms with Crippen LogP contribution in [0.2, 0.25) is 0 Å². The van der Waals surface area contributed by atoms with E-state index >= 15 is 0 Å². The van der Waals surface area contributed by atoms with E-state index in [4.69, 9.17) is 4.52 Å². The van der Waals surface area contributed by atoms with Gasteiger partial charge in [0, 0.05) is 24.5 Å². The first-order valence-electron chi connectivity index (χ1n) is 9.94. The average Bonchev–Trinajstić information content (AvgIpc) is 3.21. The van der Waals surface area contributed by atoms with Crippen LogP contribution in [0.25, 0.3) is 11.1 Å². The largest absolute Gasteiger partial charge is 0.355 e. The van der Waals surface area contributed by atoms with E-state index in [1.165, 1.54) is 11.2 Å². The van der Waals surface area contributed by atoms with Gasteiger partial charge in [-0.25, -0.2) is 4.98 Å². The zero-order valence-corrected chi connectivity index (χ0v) is 17.5. The van der Waals surface area contributed by atoms with Gasteiger partial charge in [0.25, 0.3) is 5.71 Å². The molecule has 8 heteroatoms. The summed E-state index contributed by atoms with van der Waals surface area (Å²) in [4.78, 5) is 24.9. The average molecular weight is 412 g/mol. The van der Waals surface area contributed by atoms with Gasteiger partial charge in [-0.2, -0.15) is 4.98 Å². The predicted octanol–water partition coefficient (Wildman–Crippen LogP) is 3.43. The van der Waals surface area contributed by atoms with E-state index in [9.17, 15) is 4.79 Å². The molecule has 1 aromatic carbocycles. The molecule has 3 heterocycles. The topological polar surface area (TPSA) is 84.2 Å². The van der Waals surface area contributed by atoms with E-state index in [1.807, 2.05) is 6.92 Å². The lowest BCUT2D eigenvalue weighted by Crippen LogP contribution is -2.43. The van der Waals surface area contributed by atoms with Gasteiger partial charge >= 0.3 is 0 Å². The molecule has 1 atom stereocenters. The van der Waals surface area contributed by atoms with Crippen molar-refractivity contribution >= 4 is 34.6 Å². The number of piperidine rings is 1. The van der Waals surface area contributed by atoms with Gasteiger partial charge in [0.05, 0.1) is 11.6 Å². The third-order valence-corrected chi connectivity index (χ3v) is 6.12. The molecule has 1 fully saturated rings. The van der Waals surface area contributed by atoms with Gasteiger partial charge in [0.15, 0.2) is 0 Å². The van der Waals surface area contributed by atoms with E-state index in [0.717, 1.165) is 48.3 Å². The van der Waals surface area contributed by atoms with Crippen molar-refractivity contribution in [2.24, 2.45) is 5.92 Å². The summed E-state index contributed by atoms with van der Waals surface area (Å²) < 4.78 is 5.34. The molecule has 1 saturated heterocycles. The summed E-state index contributed by atoms with van der Waals surface area (Å²) in [6.07, 6.45) is 6.13. The van der Waals surface area contributed by atoms with Crippen molar-refractivity contribution in [3.63, 3.8) is 0 Å². The van der Waals surface area contributed by atoms with Crippen molar-refractivity contribution in [1.29, 1.82) is 0 Å². The van der Waals surface area contributed by atoms with E-state index in [-0.39, 0.29) is 11.8 Å². The molecule has 0 aliphatic carbocycles. The van der Waals surface area contributed by atoms with Crippen LogP contribution in [-0.4, -0.2) is 40.4 Å². The third kappa shape index (κ3) is 4.22. The first-order chi connectivity index (χ1) is 14.2. The van der Waals surface area contributed by atoms with Crippen LogP contribution in [0.4, 0.5) is 5.82 Å². The minimum atomic E-state index is -0.0656. The number of anilines is 1. The quantitative estimate of drug-likeness (QED) is 0.622. The number of hydrogen-bond donors (Lipinski definition) is 1. The summed E-state index contributed by atoms with van der Waals surface area (Å²) in [6, 6.07) is 8.29. The number of benzene rings is 1. The number of carbonyl (C=O) groups excluding carboxylic acids is 1. The van der Waals surface area contributed by atoms with Crippen molar-refractivity contribution in [1.82, 2.24) is 20.4 Å². The van der Waals surface area contributed by atoms with Crippen LogP contribution >= 0.6 is 11.8 Å². The lowest BCUT2D eigenvalue weighted by Gasteiger charge is -2.33. The van der Waals surface area contributed by atoms with Gasteiger partial charge in [-0.1, -0.05) is 24.2 Å². The number of aryl methyl sites for hydroxylation is 1. The molecule has 0 radical (unpaired) electrons. The van der Waals surface area contributed by atoms with Gasteiger partial charge in [-0.05, 0) is 43.2 Å². The molecule has 0 unspecified atom stereocenters. The highest BCUT2D eigenvalue weighted by molar-refractivity contribution is 7.98. The molecule has 4 rings (SSSR count). The molecule has 0 saturated carbocycles. The van der Waals surface area contributed by atoms with Gasteiger partial charge < -0.3 is 14.7 Å². The summed E-state index contributed by atoms with van der Waals surface area (Å²) in [5.41, 5.74) is 2.47. The van der Waals surface area contributed by atoms with Crippen molar-refractivity contribution in [3.8, 4) is 0 Å². The second kappa shape index (κ2) is 8.82. The zero-order valence-electron chi connectivity index (χ0n) is 16.7. The molecule has 29 heavy (non-hydrogen) atoms. The second-order valence-electron chi connectivity index (χ2n) is 7.21. The normalized spacial score (nSPS) is 16.9. The molecule has 1 N–H and O–H groups in total. The van der Waals surface area contributed by atoms with E-state index in [2.05, 4.69) is 55.9 Å². The number of nitrogens with zero attached hydrogens (tertiary/aromatic N) is 4. The number of hydrogen-bond acceptors (Lipinski definition) is 7. The number of amides is 1. The first kappa shape index (κ1) is 19.7. The summed E-state index contributed by atoms with van der Waals surface area (Å²) >= 11 is 1.71. The van der Waals surface area contributed by atoms with Crippen LogP contribution in [0.15, 0.2) is 40.0 Å². The molecule has 1 aliphatic heterocycles. The Morgan fingerprint density at radius 3 is 2.90 bits per heavy atom. The van der Waals surface area contributed by atoms with E-state index in [1.54, 1.807) is 11.8 Å². The molecule has 3 aromatic rings. The molecule has 1 aliphatic rings. The zero-order chi connectivity index (χ0) is 20.2. The highest BCUT2D eigenvalue weighted by Gasteiger charge is 2.28. The molecule has 0 spiro atoms. The van der Waals surface area contributed by atoms with E-state index < -0.39 is 0 Å². The van der Waals surface area contributed by atoms with Gasteiger partial charge in [0.2, 0.25) is 5.91 Å². The third-order valence-electron chi connectivity index (χ3n) is 5.38. The predicted molar refractivity (Wildman–Crippen MR) is 114 cm³/mol. The van der Waals surface area contributed by atoms with Crippen LogP contribution < -0.4 is 10.2 Å². The van der Waals surface area contributed by atoms with Crippen LogP contribution in [0.1, 0.15) is 31.0 Å². The Balaban J connectivity index is 1.44. The second-order valence-corrected chi connectivity index (χ2v) is 8.09. The molecular formula is C21H25N5O2S. The Labute approximate surface area is 174 Å². The van der Waals surface area contributed by atoms with E-state index in [0.29, 0.717) is 18.8 Å². The fourth-order valence-corrected chi connectivity index (χ4v) is 4.18. The van der Waals surface area contributed by atoms with Crippen molar-refractivity contribution < 1.29 is 9.32 Å². The minimum absolute atomic E-state index is 0.0656. The molecular weight excluding hydrogens is 386 g/mol. The summed E-state index contributed by atoms with van der Waals surface area (Å²) in [5.74, 6) is 0.845. The SMILES string of the molecule is CCc1noc2ncnc(N3CCC[C@@H](C(=O)NCc4ccc(SC)cc4)C3)c12. The molecule has 2 aromatic heterocycles. The van der Waals surface area contributed by atoms with Crippen LogP contribution in [0.5, 0.6) is 0 Å². The van der Waals surface area contributed by atoms with Gasteiger partial charge in [-0.3, -0.25) is 4.79 Å². The molecule has 1 amide bonds. The van der Waals surface area contributed by atoms with Gasteiger partial charge in [0.1, 0.15) is 17.5 Å². The Morgan fingerprint density at radius 2 is 2.14 bits per heavy atom. The number of thioether (sulfide) groups is 1. The Bertz CT molecular complexity index is 988. The number of aromatic nitrogens is 3. The number of rotatable bonds is 6. The standard InChI is InChI=1S/C21H25N5O2S/c1-3-17-18-19(23-13-24-21(18)28-25-17)26-10-4-5-15(12-26)20(27)22-11-14-6-8-16(29-2)9-7-14/h6-9,13,15H,3-5,10-12H2,1-2H3,(H,22,27)/t15-/m1/s1. The lowest BCUT2D eigenvalue weighted by atomic mass is 9.96. The fraction of sp³-hybridized carbons (Fsp3) is 0.429. The Hall–Kier alpha value is -2.61. The summed E-state index contributed by atoms with van der Waals surface area (Å²) in [7, 11) is 0. The van der Waals surface area contributed by atoms with Crippen LogP contribution in [0, 0.1) is 5.92 Å². The van der Waals surface area contributed by atoms with Crippen LogP contribution in [0.3, 0.4) is 0 Å². The molecule has 152 valence electrons. The van der Waals surface area contributed by atoms with Crippen molar-refractivity contribution in [2.45, 2.75) is 37.6 Å². The monoisotopic (exact) mass is 411 g/mol. The van der Waals surface area contributed by atoms with Crippen molar-refractivity contribution in [2.75, 3.05) is 24.2 Å². The molecule has 7 nitrogen and oxygen atoms in total. The maximum Gasteiger partial charge on any atom is 0.263 e. The first-order valence-corrected chi connectivity index (χ1v) is 11.2. The summed E-state index contributed by atoms with van der Waals surface area (Å²) in [5, 5.41) is 8.08.